The lowest BCUT2D eigenvalue weighted by Crippen LogP contribution is -2.43. The standard InChI is InChI=1S/C14H19ClN2O3/c1-10-5-6-16(9-14(10)20-2)8-11-7-12(17(18)19)3-4-13(11)15/h3-4,7,10,14H,5-6,8-9H2,1-2H3. The van der Waals surface area contributed by atoms with Crippen LogP contribution >= 0.6 is 11.6 Å². The molecule has 5 nitrogen and oxygen atoms in total. The van der Waals surface area contributed by atoms with Crippen molar-refractivity contribution in [3.05, 3.63) is 38.9 Å². The lowest BCUT2D eigenvalue weighted by atomic mass is 9.95. The van der Waals surface area contributed by atoms with Gasteiger partial charge >= 0.3 is 0 Å². The van der Waals surface area contributed by atoms with Gasteiger partial charge in [-0.25, -0.2) is 0 Å². The quantitative estimate of drug-likeness (QED) is 0.633. The zero-order chi connectivity index (χ0) is 14.7. The first-order valence-corrected chi connectivity index (χ1v) is 7.07. The summed E-state index contributed by atoms with van der Waals surface area (Å²) < 4.78 is 5.48. The van der Waals surface area contributed by atoms with E-state index in [1.807, 2.05) is 0 Å². The maximum Gasteiger partial charge on any atom is 0.269 e. The average Bonchev–Trinajstić information content (AvgIpc) is 2.43. The van der Waals surface area contributed by atoms with Gasteiger partial charge in [0.1, 0.15) is 0 Å². The van der Waals surface area contributed by atoms with Gasteiger partial charge in [0.2, 0.25) is 0 Å². The highest BCUT2D eigenvalue weighted by Crippen LogP contribution is 2.26. The molecule has 0 bridgehead atoms. The van der Waals surface area contributed by atoms with Crippen LogP contribution in [0.3, 0.4) is 0 Å². The van der Waals surface area contributed by atoms with Crippen LogP contribution in [-0.4, -0.2) is 36.1 Å². The normalized spacial score (nSPS) is 23.8. The van der Waals surface area contributed by atoms with E-state index in [1.165, 1.54) is 6.07 Å². The first-order chi connectivity index (χ1) is 9.51. The van der Waals surface area contributed by atoms with Crippen LogP contribution in [0.2, 0.25) is 5.02 Å². The van der Waals surface area contributed by atoms with Crippen molar-refractivity contribution < 1.29 is 9.66 Å². The largest absolute Gasteiger partial charge is 0.380 e. The Morgan fingerprint density at radius 2 is 2.30 bits per heavy atom. The Morgan fingerprint density at radius 1 is 1.55 bits per heavy atom. The number of ether oxygens (including phenoxy) is 1. The maximum absolute atomic E-state index is 10.8. The molecule has 0 saturated carbocycles. The maximum atomic E-state index is 10.8. The molecule has 1 aliphatic rings. The number of hydrogen-bond acceptors (Lipinski definition) is 4. The number of methoxy groups -OCH3 is 1. The second-order valence-electron chi connectivity index (χ2n) is 5.31. The Labute approximate surface area is 123 Å². The molecule has 2 atom stereocenters. The Morgan fingerprint density at radius 3 is 2.95 bits per heavy atom. The summed E-state index contributed by atoms with van der Waals surface area (Å²) in [7, 11) is 1.73. The van der Waals surface area contributed by atoms with Crippen molar-refractivity contribution in [1.29, 1.82) is 0 Å². The SMILES string of the molecule is COC1CN(Cc2cc([N+](=O)[O-])ccc2Cl)CCC1C. The molecule has 0 aromatic heterocycles. The summed E-state index contributed by atoms with van der Waals surface area (Å²) >= 11 is 6.14. The molecule has 20 heavy (non-hydrogen) atoms. The fraction of sp³-hybridized carbons (Fsp3) is 0.571. The Bertz CT molecular complexity index is 495. The van der Waals surface area contributed by atoms with E-state index in [4.69, 9.17) is 16.3 Å². The van der Waals surface area contributed by atoms with Crippen molar-refractivity contribution in [2.24, 2.45) is 5.92 Å². The van der Waals surface area contributed by atoms with Gasteiger partial charge in [-0.05, 0) is 30.5 Å². The van der Waals surface area contributed by atoms with Gasteiger partial charge in [0.05, 0.1) is 11.0 Å². The molecule has 2 unspecified atom stereocenters. The molecule has 2 rings (SSSR count). The fourth-order valence-electron chi connectivity index (χ4n) is 2.59. The smallest absolute Gasteiger partial charge is 0.269 e. The third-order valence-corrected chi connectivity index (χ3v) is 4.28. The molecule has 0 aliphatic carbocycles. The van der Waals surface area contributed by atoms with E-state index in [-0.39, 0.29) is 11.8 Å². The zero-order valence-corrected chi connectivity index (χ0v) is 12.5. The van der Waals surface area contributed by atoms with Gasteiger partial charge in [-0.15, -0.1) is 0 Å². The summed E-state index contributed by atoms with van der Waals surface area (Å²) in [6.07, 6.45) is 1.27. The minimum absolute atomic E-state index is 0.0815. The van der Waals surface area contributed by atoms with Crippen LogP contribution in [0.5, 0.6) is 0 Å². The number of hydrogen-bond donors (Lipinski definition) is 0. The summed E-state index contributed by atoms with van der Waals surface area (Å²) in [4.78, 5) is 12.7. The molecular formula is C14H19ClN2O3. The van der Waals surface area contributed by atoms with Crippen LogP contribution in [0.15, 0.2) is 18.2 Å². The monoisotopic (exact) mass is 298 g/mol. The summed E-state index contributed by atoms with van der Waals surface area (Å²) in [5.41, 5.74) is 0.878. The molecular weight excluding hydrogens is 280 g/mol. The molecule has 110 valence electrons. The molecule has 0 radical (unpaired) electrons. The second kappa shape index (κ2) is 6.52. The Kier molecular flexibility index (Phi) is 4.96. The van der Waals surface area contributed by atoms with Crippen molar-refractivity contribution in [2.75, 3.05) is 20.2 Å². The molecule has 0 N–H and O–H groups in total. The first kappa shape index (κ1) is 15.2. The number of non-ortho nitro benzene ring substituents is 1. The van der Waals surface area contributed by atoms with Crippen LogP contribution in [-0.2, 0) is 11.3 Å². The second-order valence-corrected chi connectivity index (χ2v) is 5.72. The number of likely N-dealkylation sites (tertiary alicyclic amines) is 1. The van der Waals surface area contributed by atoms with E-state index in [1.54, 1.807) is 19.2 Å². The van der Waals surface area contributed by atoms with Crippen LogP contribution in [0.1, 0.15) is 18.9 Å². The van der Waals surface area contributed by atoms with E-state index in [0.29, 0.717) is 17.5 Å². The summed E-state index contributed by atoms with van der Waals surface area (Å²) in [5.74, 6) is 0.539. The van der Waals surface area contributed by atoms with Gasteiger partial charge in [0.25, 0.3) is 5.69 Å². The Hall–Kier alpha value is -1.17. The van der Waals surface area contributed by atoms with Crippen LogP contribution in [0.4, 0.5) is 5.69 Å². The van der Waals surface area contributed by atoms with E-state index in [2.05, 4.69) is 11.8 Å². The lowest BCUT2D eigenvalue weighted by molar-refractivity contribution is -0.384. The highest BCUT2D eigenvalue weighted by molar-refractivity contribution is 6.31. The van der Waals surface area contributed by atoms with E-state index >= 15 is 0 Å². The van der Waals surface area contributed by atoms with Crippen LogP contribution in [0.25, 0.3) is 0 Å². The van der Waals surface area contributed by atoms with E-state index in [0.717, 1.165) is 25.1 Å². The highest BCUT2D eigenvalue weighted by Gasteiger charge is 2.26. The third kappa shape index (κ3) is 3.48. The van der Waals surface area contributed by atoms with Crippen LogP contribution in [0, 0.1) is 16.0 Å². The van der Waals surface area contributed by atoms with Crippen molar-refractivity contribution in [2.45, 2.75) is 26.0 Å². The minimum Gasteiger partial charge on any atom is -0.380 e. The highest BCUT2D eigenvalue weighted by atomic mass is 35.5. The molecule has 1 fully saturated rings. The number of halogens is 1. The van der Waals surface area contributed by atoms with Gasteiger partial charge in [-0.1, -0.05) is 18.5 Å². The average molecular weight is 299 g/mol. The molecule has 1 aromatic rings. The topological polar surface area (TPSA) is 55.6 Å². The number of piperidine rings is 1. The van der Waals surface area contributed by atoms with Crippen molar-refractivity contribution >= 4 is 17.3 Å². The first-order valence-electron chi connectivity index (χ1n) is 6.69. The van der Waals surface area contributed by atoms with Crippen molar-refractivity contribution in [1.82, 2.24) is 4.90 Å². The van der Waals surface area contributed by atoms with Crippen molar-refractivity contribution in [3.63, 3.8) is 0 Å². The minimum atomic E-state index is -0.393. The summed E-state index contributed by atoms with van der Waals surface area (Å²) in [6.45, 7) is 4.59. The van der Waals surface area contributed by atoms with Gasteiger partial charge < -0.3 is 4.74 Å². The predicted octanol–water partition coefficient (Wildman–Crippen LogP) is 3.11. The lowest BCUT2D eigenvalue weighted by Gasteiger charge is -2.36. The van der Waals surface area contributed by atoms with Gasteiger partial charge in [-0.3, -0.25) is 15.0 Å². The summed E-state index contributed by atoms with van der Waals surface area (Å²) in [5, 5.41) is 11.4. The number of nitrogens with zero attached hydrogens (tertiary/aromatic N) is 2. The number of nitro benzene ring substituents is 1. The molecule has 0 spiro atoms. The van der Waals surface area contributed by atoms with E-state index in [9.17, 15) is 10.1 Å². The van der Waals surface area contributed by atoms with Gasteiger partial charge in [-0.2, -0.15) is 0 Å². The third-order valence-electron chi connectivity index (χ3n) is 3.91. The zero-order valence-electron chi connectivity index (χ0n) is 11.7. The number of benzene rings is 1. The van der Waals surface area contributed by atoms with Gasteiger partial charge in [0.15, 0.2) is 0 Å². The number of rotatable bonds is 4. The summed E-state index contributed by atoms with van der Waals surface area (Å²) in [6, 6.07) is 4.58. The number of nitro groups is 1. The molecule has 1 aliphatic heterocycles. The molecule has 1 heterocycles. The van der Waals surface area contributed by atoms with Crippen LogP contribution < -0.4 is 0 Å². The van der Waals surface area contributed by atoms with Crippen molar-refractivity contribution in [3.8, 4) is 0 Å². The van der Waals surface area contributed by atoms with Gasteiger partial charge in [0, 0.05) is 37.4 Å². The Balaban J connectivity index is 2.10. The molecule has 1 aromatic carbocycles. The predicted molar refractivity (Wildman–Crippen MR) is 78.0 cm³/mol. The van der Waals surface area contributed by atoms with E-state index < -0.39 is 4.92 Å². The molecule has 6 heteroatoms. The molecule has 0 amide bonds. The fourth-order valence-corrected chi connectivity index (χ4v) is 2.76. The molecule has 1 saturated heterocycles.